The van der Waals surface area contributed by atoms with Crippen molar-refractivity contribution in [3.63, 3.8) is 0 Å². The molecule has 1 aliphatic carbocycles. The first-order valence-corrected chi connectivity index (χ1v) is 9.91. The predicted octanol–water partition coefficient (Wildman–Crippen LogP) is 4.40. The Morgan fingerprint density at radius 2 is 1.75 bits per heavy atom. The molecule has 2 aromatic rings. The number of allylic oxidation sites excluding steroid dienone is 2. The number of hydrogen-bond donors (Lipinski definition) is 1. The van der Waals surface area contributed by atoms with Crippen LogP contribution in [0, 0.1) is 6.92 Å². The van der Waals surface area contributed by atoms with E-state index in [1.54, 1.807) is 0 Å². The molecule has 0 radical (unpaired) electrons. The Labute approximate surface area is 165 Å². The molecule has 2 atom stereocenters. The number of carbonyl (C=O) groups is 2. The van der Waals surface area contributed by atoms with E-state index < -0.39 is 0 Å². The standard InChI is InChI=1S/C24H25NO3/c1-3-28-22-7-5-4-6-18(22)19-14-23(27)25-20-12-17(13-21(26)24(19)20)16-10-8-15(2)9-11-16/h4-11,17,19H,3,12-14H2,1-2H3,(H,25,27). The van der Waals surface area contributed by atoms with Crippen molar-refractivity contribution in [2.45, 2.75) is 44.9 Å². The lowest BCUT2D eigenvalue weighted by Crippen LogP contribution is -2.38. The number of rotatable bonds is 4. The van der Waals surface area contributed by atoms with E-state index in [1.807, 2.05) is 31.2 Å². The maximum absolute atomic E-state index is 13.2. The average molecular weight is 375 g/mol. The Kier molecular flexibility index (Phi) is 5.03. The van der Waals surface area contributed by atoms with Crippen molar-refractivity contribution in [3.05, 3.63) is 76.5 Å². The molecule has 1 amide bonds. The summed E-state index contributed by atoms with van der Waals surface area (Å²) in [4.78, 5) is 25.7. The topological polar surface area (TPSA) is 55.4 Å². The zero-order chi connectivity index (χ0) is 19.7. The highest BCUT2D eigenvalue weighted by Gasteiger charge is 2.39. The molecule has 0 bridgehead atoms. The van der Waals surface area contributed by atoms with Crippen molar-refractivity contribution < 1.29 is 14.3 Å². The molecule has 0 aromatic heterocycles. The summed E-state index contributed by atoms with van der Waals surface area (Å²) >= 11 is 0. The molecule has 0 saturated carbocycles. The van der Waals surface area contributed by atoms with Gasteiger partial charge in [-0.15, -0.1) is 0 Å². The summed E-state index contributed by atoms with van der Waals surface area (Å²) in [5.41, 5.74) is 4.82. The van der Waals surface area contributed by atoms with E-state index in [0.717, 1.165) is 28.1 Å². The van der Waals surface area contributed by atoms with Gasteiger partial charge in [0, 0.05) is 35.6 Å². The second kappa shape index (κ2) is 7.63. The highest BCUT2D eigenvalue weighted by molar-refractivity contribution is 6.02. The van der Waals surface area contributed by atoms with Gasteiger partial charge in [-0.05, 0) is 37.8 Å². The van der Waals surface area contributed by atoms with Crippen LogP contribution in [-0.2, 0) is 9.59 Å². The highest BCUT2D eigenvalue weighted by Crippen LogP contribution is 2.44. The van der Waals surface area contributed by atoms with Gasteiger partial charge in [-0.2, -0.15) is 0 Å². The lowest BCUT2D eigenvalue weighted by atomic mass is 9.73. The SMILES string of the molecule is CCOc1ccccc1C1CC(=O)NC2=C1C(=O)CC(c1ccc(C)cc1)C2. The molecule has 0 saturated heterocycles. The van der Waals surface area contributed by atoms with Gasteiger partial charge in [0.05, 0.1) is 6.61 Å². The number of para-hydroxylation sites is 1. The van der Waals surface area contributed by atoms with Gasteiger partial charge in [-0.1, -0.05) is 48.0 Å². The number of nitrogens with one attached hydrogen (secondary N) is 1. The fourth-order valence-corrected chi connectivity index (χ4v) is 4.36. The van der Waals surface area contributed by atoms with Crippen LogP contribution < -0.4 is 10.1 Å². The number of aryl methyl sites for hydroxylation is 1. The Bertz CT molecular complexity index is 943. The monoisotopic (exact) mass is 375 g/mol. The molecular weight excluding hydrogens is 350 g/mol. The molecule has 4 rings (SSSR count). The Hall–Kier alpha value is -2.88. The lowest BCUT2D eigenvalue weighted by Gasteiger charge is -2.35. The van der Waals surface area contributed by atoms with E-state index >= 15 is 0 Å². The number of benzene rings is 2. The number of amides is 1. The summed E-state index contributed by atoms with van der Waals surface area (Å²) in [5.74, 6) is 0.714. The molecule has 1 heterocycles. The molecule has 4 heteroatoms. The van der Waals surface area contributed by atoms with Gasteiger partial charge < -0.3 is 10.1 Å². The van der Waals surface area contributed by atoms with Crippen LogP contribution in [0.4, 0.5) is 0 Å². The van der Waals surface area contributed by atoms with Crippen LogP contribution in [0.25, 0.3) is 0 Å². The number of ketones is 1. The van der Waals surface area contributed by atoms with E-state index in [0.29, 0.717) is 19.4 Å². The minimum atomic E-state index is -0.238. The molecule has 2 aliphatic rings. The van der Waals surface area contributed by atoms with Gasteiger partial charge in [-0.25, -0.2) is 0 Å². The molecule has 2 unspecified atom stereocenters. The minimum absolute atomic E-state index is 0.0348. The van der Waals surface area contributed by atoms with Gasteiger partial charge in [0.15, 0.2) is 5.78 Å². The van der Waals surface area contributed by atoms with E-state index in [1.165, 1.54) is 5.56 Å². The number of hydrogen-bond acceptors (Lipinski definition) is 3. The van der Waals surface area contributed by atoms with Crippen molar-refractivity contribution in [3.8, 4) is 5.75 Å². The quantitative estimate of drug-likeness (QED) is 0.862. The summed E-state index contributed by atoms with van der Waals surface area (Å²) in [5, 5.41) is 2.99. The van der Waals surface area contributed by atoms with Gasteiger partial charge in [0.2, 0.25) is 5.91 Å². The molecule has 1 N–H and O–H groups in total. The fourth-order valence-electron chi connectivity index (χ4n) is 4.36. The van der Waals surface area contributed by atoms with Gasteiger partial charge >= 0.3 is 0 Å². The highest BCUT2D eigenvalue weighted by atomic mass is 16.5. The van der Waals surface area contributed by atoms with Crippen LogP contribution in [0.2, 0.25) is 0 Å². The lowest BCUT2D eigenvalue weighted by molar-refractivity contribution is -0.122. The zero-order valence-corrected chi connectivity index (χ0v) is 16.3. The molecule has 4 nitrogen and oxygen atoms in total. The van der Waals surface area contributed by atoms with Gasteiger partial charge in [0.25, 0.3) is 0 Å². The predicted molar refractivity (Wildman–Crippen MR) is 108 cm³/mol. The van der Waals surface area contributed by atoms with Crippen LogP contribution >= 0.6 is 0 Å². The van der Waals surface area contributed by atoms with Crippen LogP contribution in [0.15, 0.2) is 59.8 Å². The van der Waals surface area contributed by atoms with E-state index in [9.17, 15) is 9.59 Å². The van der Waals surface area contributed by atoms with Crippen molar-refractivity contribution in [1.82, 2.24) is 5.32 Å². The summed E-state index contributed by atoms with van der Waals surface area (Å²) in [7, 11) is 0. The van der Waals surface area contributed by atoms with Crippen molar-refractivity contribution >= 4 is 11.7 Å². The van der Waals surface area contributed by atoms with Crippen LogP contribution in [0.5, 0.6) is 5.75 Å². The first-order chi connectivity index (χ1) is 13.6. The summed E-state index contributed by atoms with van der Waals surface area (Å²) in [6, 6.07) is 16.1. The van der Waals surface area contributed by atoms with E-state index in [4.69, 9.17) is 4.74 Å². The molecule has 28 heavy (non-hydrogen) atoms. The van der Waals surface area contributed by atoms with Crippen LogP contribution in [-0.4, -0.2) is 18.3 Å². The minimum Gasteiger partial charge on any atom is -0.494 e. The third kappa shape index (κ3) is 3.47. The summed E-state index contributed by atoms with van der Waals surface area (Å²) in [6.07, 6.45) is 1.44. The molecule has 144 valence electrons. The largest absolute Gasteiger partial charge is 0.494 e. The fraction of sp³-hybridized carbons (Fsp3) is 0.333. The number of Topliss-reactive ketones (excluding diaryl/α,β-unsaturated/α-hetero) is 1. The Morgan fingerprint density at radius 1 is 1.00 bits per heavy atom. The molecule has 0 spiro atoms. The third-order valence-corrected chi connectivity index (χ3v) is 5.68. The third-order valence-electron chi connectivity index (χ3n) is 5.68. The second-order valence-corrected chi connectivity index (χ2v) is 7.61. The normalized spacial score (nSPS) is 21.9. The van der Waals surface area contributed by atoms with Gasteiger partial charge in [-0.3, -0.25) is 9.59 Å². The van der Waals surface area contributed by atoms with Crippen LogP contribution in [0.3, 0.4) is 0 Å². The average Bonchev–Trinajstić information content (AvgIpc) is 2.68. The maximum atomic E-state index is 13.2. The van der Waals surface area contributed by atoms with Crippen molar-refractivity contribution in [2.75, 3.05) is 6.61 Å². The van der Waals surface area contributed by atoms with E-state index in [2.05, 4.69) is 36.5 Å². The second-order valence-electron chi connectivity index (χ2n) is 7.61. The molecule has 1 aliphatic heterocycles. The molecule has 0 fully saturated rings. The number of carbonyl (C=O) groups excluding carboxylic acids is 2. The van der Waals surface area contributed by atoms with Gasteiger partial charge in [0.1, 0.15) is 5.75 Å². The summed E-state index contributed by atoms with van der Waals surface area (Å²) < 4.78 is 5.78. The number of ether oxygens (including phenoxy) is 1. The van der Waals surface area contributed by atoms with Crippen molar-refractivity contribution in [1.29, 1.82) is 0 Å². The van der Waals surface area contributed by atoms with E-state index in [-0.39, 0.29) is 29.9 Å². The zero-order valence-electron chi connectivity index (χ0n) is 16.3. The molecule has 2 aromatic carbocycles. The van der Waals surface area contributed by atoms with Crippen LogP contribution in [0.1, 0.15) is 54.7 Å². The molecular formula is C24H25NO3. The smallest absolute Gasteiger partial charge is 0.225 e. The van der Waals surface area contributed by atoms with Crippen molar-refractivity contribution in [2.24, 2.45) is 0 Å². The Morgan fingerprint density at radius 3 is 2.50 bits per heavy atom. The Balaban J connectivity index is 1.72. The first-order valence-electron chi connectivity index (χ1n) is 9.91. The summed E-state index contributed by atoms with van der Waals surface area (Å²) in [6.45, 7) is 4.54. The first kappa shape index (κ1) is 18.5. The maximum Gasteiger partial charge on any atom is 0.225 e.